The van der Waals surface area contributed by atoms with Crippen molar-refractivity contribution < 1.29 is 5.11 Å². The molecule has 80 valence electrons. The third-order valence-corrected chi connectivity index (χ3v) is 2.92. The minimum atomic E-state index is -0.247. The zero-order valence-electron chi connectivity index (χ0n) is 8.81. The van der Waals surface area contributed by atoms with Crippen LogP contribution in [0.5, 0.6) is 0 Å². The van der Waals surface area contributed by atoms with E-state index in [-0.39, 0.29) is 6.10 Å². The molecule has 0 aromatic carbocycles. The van der Waals surface area contributed by atoms with Crippen LogP contribution in [0.15, 0.2) is 12.4 Å². The van der Waals surface area contributed by atoms with Crippen molar-refractivity contribution >= 4 is 11.8 Å². The molecule has 0 saturated heterocycles. The highest BCUT2D eigenvalue weighted by molar-refractivity contribution is 7.98. The van der Waals surface area contributed by atoms with Gasteiger partial charge in [-0.2, -0.15) is 11.8 Å². The maximum absolute atomic E-state index is 9.71. The lowest BCUT2D eigenvalue weighted by atomic mass is 10.1. The first-order chi connectivity index (χ1) is 6.74. The Balaban J connectivity index is 2.27. The van der Waals surface area contributed by atoms with Crippen LogP contribution in [0.1, 0.15) is 18.7 Å². The molecule has 3 nitrogen and oxygen atoms in total. The SMILES string of the molecule is CSCCCC(O)Cc1nccn1C. The molecule has 0 radical (unpaired) electrons. The molecule has 1 rings (SSSR count). The van der Waals surface area contributed by atoms with Crippen LogP contribution in [0.4, 0.5) is 0 Å². The van der Waals surface area contributed by atoms with Crippen molar-refractivity contribution in [3.63, 3.8) is 0 Å². The van der Waals surface area contributed by atoms with Crippen LogP contribution in [0.2, 0.25) is 0 Å². The zero-order chi connectivity index (χ0) is 10.4. The molecule has 1 heterocycles. The highest BCUT2D eigenvalue weighted by Gasteiger charge is 2.08. The van der Waals surface area contributed by atoms with Crippen molar-refractivity contribution in [1.29, 1.82) is 0 Å². The fourth-order valence-electron chi connectivity index (χ4n) is 1.37. The number of hydrogen-bond donors (Lipinski definition) is 1. The summed E-state index contributed by atoms with van der Waals surface area (Å²) in [5.41, 5.74) is 0. The van der Waals surface area contributed by atoms with Gasteiger partial charge in [0, 0.05) is 25.9 Å². The summed E-state index contributed by atoms with van der Waals surface area (Å²) < 4.78 is 1.96. The van der Waals surface area contributed by atoms with Gasteiger partial charge in [0.15, 0.2) is 0 Å². The molecule has 0 aliphatic rings. The molecule has 1 aromatic heterocycles. The van der Waals surface area contributed by atoms with Gasteiger partial charge in [0.25, 0.3) is 0 Å². The molecule has 4 heteroatoms. The van der Waals surface area contributed by atoms with E-state index in [2.05, 4.69) is 11.2 Å². The van der Waals surface area contributed by atoms with E-state index in [1.165, 1.54) is 0 Å². The Kier molecular flexibility index (Phi) is 5.04. The third-order valence-electron chi connectivity index (χ3n) is 2.22. The molecule has 0 fully saturated rings. The monoisotopic (exact) mass is 214 g/mol. The zero-order valence-corrected chi connectivity index (χ0v) is 9.63. The molecule has 1 unspecified atom stereocenters. The Morgan fingerprint density at radius 3 is 3.00 bits per heavy atom. The molecule has 14 heavy (non-hydrogen) atoms. The van der Waals surface area contributed by atoms with Gasteiger partial charge in [-0.3, -0.25) is 0 Å². The van der Waals surface area contributed by atoms with E-state index in [0.717, 1.165) is 24.4 Å². The highest BCUT2D eigenvalue weighted by Crippen LogP contribution is 2.07. The van der Waals surface area contributed by atoms with Gasteiger partial charge in [-0.1, -0.05) is 0 Å². The van der Waals surface area contributed by atoms with Crippen LogP contribution in [0.3, 0.4) is 0 Å². The van der Waals surface area contributed by atoms with Gasteiger partial charge >= 0.3 is 0 Å². The van der Waals surface area contributed by atoms with E-state index in [0.29, 0.717) is 6.42 Å². The van der Waals surface area contributed by atoms with Gasteiger partial charge in [0.2, 0.25) is 0 Å². The molecule has 1 N–H and O–H groups in total. The Labute approximate surface area is 89.5 Å². The third kappa shape index (κ3) is 3.72. The molecule has 1 atom stereocenters. The van der Waals surface area contributed by atoms with E-state index >= 15 is 0 Å². The van der Waals surface area contributed by atoms with Crippen LogP contribution in [0, 0.1) is 0 Å². The van der Waals surface area contributed by atoms with Gasteiger partial charge in [-0.15, -0.1) is 0 Å². The van der Waals surface area contributed by atoms with Crippen LogP contribution in [-0.2, 0) is 13.5 Å². The van der Waals surface area contributed by atoms with E-state index in [9.17, 15) is 5.11 Å². The van der Waals surface area contributed by atoms with Crippen molar-refractivity contribution in [3.8, 4) is 0 Å². The Bertz CT molecular complexity index is 262. The summed E-state index contributed by atoms with van der Waals surface area (Å²) in [7, 11) is 1.96. The van der Waals surface area contributed by atoms with Crippen molar-refractivity contribution in [2.75, 3.05) is 12.0 Å². The molecule has 1 aromatic rings. The number of rotatable bonds is 6. The van der Waals surface area contributed by atoms with E-state index in [1.807, 2.05) is 29.6 Å². The number of nitrogens with zero attached hydrogens (tertiary/aromatic N) is 2. The van der Waals surface area contributed by atoms with Gasteiger partial charge in [-0.25, -0.2) is 4.98 Å². The van der Waals surface area contributed by atoms with Crippen LogP contribution < -0.4 is 0 Å². The Hall–Kier alpha value is -0.480. The lowest BCUT2D eigenvalue weighted by Gasteiger charge is -2.09. The van der Waals surface area contributed by atoms with Crippen molar-refractivity contribution in [1.82, 2.24) is 9.55 Å². The summed E-state index contributed by atoms with van der Waals surface area (Å²) >= 11 is 1.82. The average molecular weight is 214 g/mol. The minimum absolute atomic E-state index is 0.247. The normalized spacial score (nSPS) is 13.1. The number of aliphatic hydroxyl groups is 1. The fourth-order valence-corrected chi connectivity index (χ4v) is 1.82. The summed E-state index contributed by atoms with van der Waals surface area (Å²) in [6.07, 6.45) is 8.13. The molecule has 0 aliphatic carbocycles. The minimum Gasteiger partial charge on any atom is -0.393 e. The fraction of sp³-hybridized carbons (Fsp3) is 0.700. The number of hydrogen-bond acceptors (Lipinski definition) is 3. The molecule has 0 bridgehead atoms. The van der Waals surface area contributed by atoms with Gasteiger partial charge in [-0.05, 0) is 24.9 Å². The van der Waals surface area contributed by atoms with Gasteiger partial charge in [0.1, 0.15) is 5.82 Å². The highest BCUT2D eigenvalue weighted by atomic mass is 32.2. The molecule has 0 spiro atoms. The lowest BCUT2D eigenvalue weighted by Crippen LogP contribution is -2.13. The summed E-state index contributed by atoms with van der Waals surface area (Å²) in [4.78, 5) is 4.18. The first-order valence-corrected chi connectivity index (χ1v) is 6.26. The molecule has 0 amide bonds. The van der Waals surface area contributed by atoms with Crippen LogP contribution >= 0.6 is 11.8 Å². The molecule has 0 saturated carbocycles. The van der Waals surface area contributed by atoms with Crippen molar-refractivity contribution in [3.05, 3.63) is 18.2 Å². The lowest BCUT2D eigenvalue weighted by molar-refractivity contribution is 0.161. The van der Waals surface area contributed by atoms with Crippen molar-refractivity contribution in [2.45, 2.75) is 25.4 Å². The molecule has 0 aliphatic heterocycles. The molecular formula is C10H18N2OS. The number of aryl methyl sites for hydroxylation is 1. The van der Waals surface area contributed by atoms with Gasteiger partial charge < -0.3 is 9.67 Å². The second kappa shape index (κ2) is 6.09. The summed E-state index contributed by atoms with van der Waals surface area (Å²) in [6.45, 7) is 0. The predicted octanol–water partition coefficient (Wildman–Crippen LogP) is 1.47. The summed E-state index contributed by atoms with van der Waals surface area (Å²) in [5.74, 6) is 2.08. The number of thioether (sulfide) groups is 1. The second-order valence-corrected chi connectivity index (χ2v) is 4.43. The van der Waals surface area contributed by atoms with E-state index in [4.69, 9.17) is 0 Å². The maximum Gasteiger partial charge on any atom is 0.110 e. The number of imidazole rings is 1. The Morgan fingerprint density at radius 1 is 1.64 bits per heavy atom. The standard InChI is InChI=1S/C10H18N2OS/c1-12-6-5-11-10(12)8-9(13)4-3-7-14-2/h5-6,9,13H,3-4,7-8H2,1-2H3. The van der Waals surface area contributed by atoms with Crippen LogP contribution in [-0.4, -0.2) is 32.8 Å². The summed E-state index contributed by atoms with van der Waals surface area (Å²) in [5, 5.41) is 9.71. The molecular weight excluding hydrogens is 196 g/mol. The maximum atomic E-state index is 9.71. The second-order valence-electron chi connectivity index (χ2n) is 3.45. The average Bonchev–Trinajstić information content (AvgIpc) is 2.52. The van der Waals surface area contributed by atoms with E-state index in [1.54, 1.807) is 6.20 Å². The van der Waals surface area contributed by atoms with E-state index < -0.39 is 0 Å². The Morgan fingerprint density at radius 2 is 2.43 bits per heavy atom. The topological polar surface area (TPSA) is 38.1 Å². The van der Waals surface area contributed by atoms with Crippen molar-refractivity contribution in [2.24, 2.45) is 7.05 Å². The largest absolute Gasteiger partial charge is 0.393 e. The predicted molar refractivity (Wildman–Crippen MR) is 60.5 cm³/mol. The number of aliphatic hydroxyl groups excluding tert-OH is 1. The van der Waals surface area contributed by atoms with Gasteiger partial charge in [0.05, 0.1) is 6.10 Å². The van der Waals surface area contributed by atoms with Crippen LogP contribution in [0.25, 0.3) is 0 Å². The first kappa shape index (κ1) is 11.6. The smallest absolute Gasteiger partial charge is 0.110 e. The quantitative estimate of drug-likeness (QED) is 0.729. The number of aromatic nitrogens is 2. The first-order valence-electron chi connectivity index (χ1n) is 4.87. The summed E-state index contributed by atoms with van der Waals surface area (Å²) in [6, 6.07) is 0.